The van der Waals surface area contributed by atoms with Crippen LogP contribution in [0.3, 0.4) is 0 Å². The lowest BCUT2D eigenvalue weighted by Crippen LogP contribution is -2.62. The van der Waals surface area contributed by atoms with Crippen molar-refractivity contribution in [2.24, 2.45) is 52.3 Å². The molecule has 0 saturated heterocycles. The second-order valence-corrected chi connectivity index (χ2v) is 33.6. The van der Waals surface area contributed by atoms with Gasteiger partial charge in [-0.3, -0.25) is 86.3 Å². The van der Waals surface area contributed by atoms with E-state index in [1.165, 1.54) is 68.0 Å². The number of aliphatic hydroxyl groups is 1. The molecular weight excluding hydrogens is 1690 g/mol. The van der Waals surface area contributed by atoms with Crippen LogP contribution >= 0.6 is 11.8 Å². The van der Waals surface area contributed by atoms with Crippen LogP contribution in [-0.4, -0.2) is 257 Å². The summed E-state index contributed by atoms with van der Waals surface area (Å²) in [5.74, 6) is -21.4. The molecular formula is C82H123N23O22S. The molecule has 2 aromatic carbocycles. The maximum Gasteiger partial charge on any atom is 0.326 e. The Kier molecular flexibility index (Phi) is 45.2. The van der Waals surface area contributed by atoms with Gasteiger partial charge in [0.05, 0.1) is 44.6 Å². The van der Waals surface area contributed by atoms with E-state index in [0.29, 0.717) is 22.6 Å². The minimum Gasteiger partial charge on any atom is -0.508 e. The molecule has 4 rings (SSSR count). The minimum absolute atomic E-state index is 0.0685. The van der Waals surface area contributed by atoms with Gasteiger partial charge in [0, 0.05) is 55.9 Å². The number of carboxylic acids is 1. The number of imidazole rings is 2. The Morgan fingerprint density at radius 1 is 0.359 bits per heavy atom. The molecule has 704 valence electrons. The molecule has 0 saturated carbocycles. The van der Waals surface area contributed by atoms with Crippen molar-refractivity contribution in [3.63, 3.8) is 0 Å². The first-order valence-corrected chi connectivity index (χ1v) is 42.9. The molecule has 0 aliphatic heterocycles. The van der Waals surface area contributed by atoms with Crippen LogP contribution in [0.2, 0.25) is 0 Å². The number of amides is 18. The average Bonchev–Trinajstić information content (AvgIpc) is 1.01. The predicted octanol–water partition coefficient (Wildman–Crippen LogP) is -5.85. The van der Waals surface area contributed by atoms with Crippen molar-refractivity contribution < 1.29 is 106 Å². The Balaban J connectivity index is 1.62. The number of primary amides is 4. The second kappa shape index (κ2) is 54.0. The molecule has 0 spiro atoms. The molecule has 18 amide bonds. The summed E-state index contributed by atoms with van der Waals surface area (Å²) in [6, 6.07) is -10.7. The van der Waals surface area contributed by atoms with Crippen LogP contribution in [0.4, 0.5) is 0 Å². The van der Waals surface area contributed by atoms with E-state index in [9.17, 15) is 106 Å². The van der Waals surface area contributed by atoms with Gasteiger partial charge in [0.2, 0.25) is 106 Å². The van der Waals surface area contributed by atoms with Gasteiger partial charge in [0.15, 0.2) is 0 Å². The van der Waals surface area contributed by atoms with Crippen molar-refractivity contribution in [2.75, 3.05) is 18.6 Å². The quantitative estimate of drug-likeness (QED) is 0.0196. The third kappa shape index (κ3) is 39.2. The summed E-state index contributed by atoms with van der Waals surface area (Å²) in [7, 11) is 0. The first kappa shape index (κ1) is 107. The number of nitrogens with two attached hydrogens (primary N) is 5. The number of nitrogens with zero attached hydrogens (tertiary/aromatic N) is 2. The highest BCUT2D eigenvalue weighted by Gasteiger charge is 2.40. The van der Waals surface area contributed by atoms with Gasteiger partial charge in [-0.1, -0.05) is 97.9 Å². The van der Waals surface area contributed by atoms with E-state index in [1.54, 1.807) is 92.0 Å². The number of aromatic nitrogens is 4. The topological polar surface area (TPSA) is 741 Å². The standard InChI is InChI=1S/C82H123N23O22S/c1-40(2)24-52(71(115)93-51(82(126)127)20-21-64(84)108)99-78(122)60(32-65(85)109)102-74(118)55(27-43(7)8)97-72(116)53(25-41(3)4)96-73(117)54(26-42(5)6)98-77(121)59(31-48-36-89-39-91-48)101-75(119)57(29-46-16-18-49(107)19-17-46)94-68(112)44(9)92-70(114)56(28-45-14-12-11-13-15-45)100-79(123)61(33-66(86)110)104-81(125)63(37-106)105-80(124)62(34-67(87)111)103-76(120)58(30-47-35-88-38-90-47)95-69(113)50(83)22-23-128-10/h11-19,35-36,38-44,50-63,106-107H,20-34,37,83H2,1-10H3,(H2,84,108)(H2,85,109)(H2,86,110)(H2,87,111)(H,88,90)(H,89,91)(H,92,114)(H,93,115)(H,94,112)(H,95,113)(H,96,117)(H,97,116)(H,98,121)(H,99,122)(H,100,123)(H,101,119)(H,102,118)(H,103,120)(H,104,125)(H,105,124)(H,126,127)/t44-,50-,51-,52-,53-,54-,55-,56-,57-,58-,59-,60-,61-,62-,63-/m0/s1. The monoisotopic (exact) mass is 1810 g/mol. The van der Waals surface area contributed by atoms with E-state index >= 15 is 0 Å². The molecule has 46 heteroatoms. The van der Waals surface area contributed by atoms with Gasteiger partial charge in [-0.05, 0) is 104 Å². The number of nitrogens with one attached hydrogen (secondary N) is 16. The molecule has 15 atom stereocenters. The molecule has 0 aliphatic rings. The van der Waals surface area contributed by atoms with E-state index < -0.39 is 235 Å². The Bertz CT molecular complexity index is 4430. The van der Waals surface area contributed by atoms with Crippen molar-refractivity contribution >= 4 is 124 Å². The Hall–Kier alpha value is -13.1. The zero-order valence-electron chi connectivity index (χ0n) is 73.1. The Morgan fingerprint density at radius 3 is 0.984 bits per heavy atom. The van der Waals surface area contributed by atoms with Crippen molar-refractivity contribution in [1.29, 1.82) is 0 Å². The zero-order valence-corrected chi connectivity index (χ0v) is 73.9. The first-order chi connectivity index (χ1) is 60.2. The number of hydrogen-bond donors (Lipinski definition) is 24. The number of thioether (sulfide) groups is 1. The number of aliphatic hydroxyl groups excluding tert-OH is 1. The zero-order chi connectivity index (χ0) is 95.8. The molecule has 0 aliphatic carbocycles. The smallest absolute Gasteiger partial charge is 0.326 e. The predicted molar refractivity (Wildman–Crippen MR) is 463 cm³/mol. The summed E-state index contributed by atoms with van der Waals surface area (Å²) in [4.78, 5) is 275. The third-order valence-electron chi connectivity index (χ3n) is 19.5. The van der Waals surface area contributed by atoms with Crippen molar-refractivity contribution in [2.45, 2.75) is 243 Å². The Morgan fingerprint density at radius 2 is 0.656 bits per heavy atom. The van der Waals surface area contributed by atoms with E-state index in [4.69, 9.17) is 28.7 Å². The number of carboxylic acid groups (broad SMARTS) is 1. The number of aromatic hydroxyl groups is 1. The first-order valence-electron chi connectivity index (χ1n) is 41.5. The number of phenols is 1. The van der Waals surface area contributed by atoms with Crippen LogP contribution in [0, 0.1) is 23.7 Å². The van der Waals surface area contributed by atoms with Gasteiger partial charge in [-0.25, -0.2) is 14.8 Å². The number of carbonyl (C=O) groups excluding carboxylic acids is 18. The lowest BCUT2D eigenvalue weighted by Gasteiger charge is -2.29. The van der Waals surface area contributed by atoms with Gasteiger partial charge >= 0.3 is 5.97 Å². The summed E-state index contributed by atoms with van der Waals surface area (Å²) in [6.07, 6.45) is 2.24. The highest BCUT2D eigenvalue weighted by Crippen LogP contribution is 2.18. The molecule has 128 heavy (non-hydrogen) atoms. The summed E-state index contributed by atoms with van der Waals surface area (Å²) >= 11 is 1.42. The molecule has 0 radical (unpaired) electrons. The molecule has 45 nitrogen and oxygen atoms in total. The van der Waals surface area contributed by atoms with Crippen LogP contribution in [0.15, 0.2) is 79.6 Å². The third-order valence-corrected chi connectivity index (χ3v) is 20.1. The number of benzene rings is 2. The summed E-state index contributed by atoms with van der Waals surface area (Å²) in [6.45, 7) is 13.7. The average molecular weight is 1820 g/mol. The number of rotatable bonds is 58. The fourth-order valence-corrected chi connectivity index (χ4v) is 13.4. The molecule has 29 N–H and O–H groups in total. The number of phenolic OH excluding ortho intramolecular Hbond substituents is 1. The normalized spacial score (nSPS) is 14.8. The SMILES string of the molecule is CSCC[C@H](N)C(=O)N[C@@H](Cc1cnc[nH]1)C(=O)N[C@@H](CC(N)=O)C(=O)N[C@@H](CO)C(=O)N[C@@H](CC(N)=O)C(=O)N[C@@H](Cc1ccccc1)C(=O)N[C@@H](C)C(=O)N[C@@H](Cc1ccc(O)cc1)C(=O)N[C@@H](Cc1cnc[nH]1)C(=O)N[C@@H](CC(C)C)C(=O)N[C@@H](CC(C)C)C(=O)N[C@@H](CC(C)C)C(=O)N[C@@H](CC(N)=O)C(=O)N[C@@H](CC(C)C)C(=O)N[C@@H](CCC(N)=O)C(=O)O. The summed E-state index contributed by atoms with van der Waals surface area (Å²) in [5.41, 5.74) is 29.2. The van der Waals surface area contributed by atoms with Crippen molar-refractivity contribution in [3.8, 4) is 5.75 Å². The van der Waals surface area contributed by atoms with Crippen LogP contribution < -0.4 is 103 Å². The number of carbonyl (C=O) groups is 19. The number of H-pyrrole nitrogens is 2. The largest absolute Gasteiger partial charge is 0.508 e. The van der Waals surface area contributed by atoms with Crippen LogP contribution in [-0.2, 0) is 117 Å². The van der Waals surface area contributed by atoms with E-state index in [1.807, 2.05) is 0 Å². The minimum atomic E-state index is -2.01. The number of aliphatic carboxylic acids is 1. The second-order valence-electron chi connectivity index (χ2n) is 32.6. The number of aromatic amines is 2. The van der Waals surface area contributed by atoms with Gasteiger partial charge in [-0.2, -0.15) is 11.8 Å². The number of hydrogen-bond acceptors (Lipinski definition) is 25. The summed E-state index contributed by atoms with van der Waals surface area (Å²) < 4.78 is 0. The molecule has 2 heterocycles. The Labute approximate surface area is 743 Å². The lowest BCUT2D eigenvalue weighted by atomic mass is 9.98. The maximum atomic E-state index is 15.0. The van der Waals surface area contributed by atoms with Gasteiger partial charge in [0.25, 0.3) is 0 Å². The highest BCUT2D eigenvalue weighted by atomic mass is 32.2. The van der Waals surface area contributed by atoms with E-state index in [0.717, 1.165) is 0 Å². The molecule has 2 aromatic heterocycles. The van der Waals surface area contributed by atoms with E-state index in [-0.39, 0.29) is 99.3 Å². The molecule has 0 unspecified atom stereocenters. The van der Waals surface area contributed by atoms with Crippen molar-refractivity contribution in [3.05, 3.63) is 102 Å². The van der Waals surface area contributed by atoms with Crippen LogP contribution in [0.25, 0.3) is 0 Å². The maximum absolute atomic E-state index is 15.0. The summed E-state index contributed by atoms with van der Waals surface area (Å²) in [5, 5.41) is 65.2. The fourth-order valence-electron chi connectivity index (χ4n) is 12.9. The molecule has 0 bridgehead atoms. The van der Waals surface area contributed by atoms with E-state index in [2.05, 4.69) is 94.4 Å². The van der Waals surface area contributed by atoms with Crippen molar-refractivity contribution in [1.82, 2.24) is 94.4 Å². The van der Waals surface area contributed by atoms with Gasteiger partial charge < -0.3 is 128 Å². The van der Waals surface area contributed by atoms with Crippen LogP contribution in [0.5, 0.6) is 5.75 Å². The highest BCUT2D eigenvalue weighted by molar-refractivity contribution is 7.98. The van der Waals surface area contributed by atoms with Gasteiger partial charge in [-0.15, -0.1) is 0 Å². The fraction of sp³-hybridized carbons (Fsp3) is 0.549. The van der Waals surface area contributed by atoms with Crippen LogP contribution in [0.1, 0.15) is 149 Å². The van der Waals surface area contributed by atoms with Gasteiger partial charge in [0.1, 0.15) is 90.3 Å². The lowest BCUT2D eigenvalue weighted by molar-refractivity contribution is -0.143. The molecule has 4 aromatic rings. The molecule has 0 fully saturated rings.